The van der Waals surface area contributed by atoms with E-state index in [4.69, 9.17) is 15.4 Å². The molecule has 0 atom stereocenters. The normalized spacial score (nSPS) is 5.00. The molecule has 0 aliphatic carbocycles. The zero-order chi connectivity index (χ0) is 4.99. The SMILES string of the molecule is B.N#CN[N+](=O)[O-]. The van der Waals surface area contributed by atoms with Gasteiger partial charge in [-0.3, -0.25) is 0 Å². The summed E-state index contributed by atoms with van der Waals surface area (Å²) in [6.07, 6.45) is 1.12. The van der Waals surface area contributed by atoms with E-state index in [9.17, 15) is 0 Å². The third-order valence-corrected chi connectivity index (χ3v) is 0.141. The van der Waals surface area contributed by atoms with Gasteiger partial charge in [-0.15, -0.1) is 0 Å². The second-order valence-corrected chi connectivity index (χ2v) is 0.481. The molecule has 0 heterocycles. The summed E-state index contributed by atoms with van der Waals surface area (Å²) in [5, 5.41) is 15.6. The summed E-state index contributed by atoms with van der Waals surface area (Å²) in [5.41, 5.74) is 1.24. The van der Waals surface area contributed by atoms with Crippen molar-refractivity contribution in [3.8, 4) is 6.19 Å². The molecule has 0 unspecified atom stereocenters. The van der Waals surface area contributed by atoms with E-state index < -0.39 is 5.03 Å². The molecule has 0 bridgehead atoms. The van der Waals surface area contributed by atoms with E-state index in [0.717, 1.165) is 6.19 Å². The monoisotopic (exact) mass is 101 g/mol. The highest BCUT2D eigenvalue weighted by Crippen LogP contribution is 1.46. The van der Waals surface area contributed by atoms with Crippen molar-refractivity contribution in [2.24, 2.45) is 0 Å². The van der Waals surface area contributed by atoms with Gasteiger partial charge in [0.2, 0.25) is 6.19 Å². The lowest BCUT2D eigenvalue weighted by Crippen LogP contribution is -2.13. The van der Waals surface area contributed by atoms with Crippen LogP contribution in [0.3, 0.4) is 0 Å². The summed E-state index contributed by atoms with van der Waals surface area (Å²) in [6.45, 7) is 0. The number of nitrogens with one attached hydrogen (secondary N) is 1. The molecule has 0 aliphatic rings. The van der Waals surface area contributed by atoms with Crippen LogP contribution in [0.15, 0.2) is 0 Å². The molecule has 0 aromatic heterocycles. The van der Waals surface area contributed by atoms with E-state index >= 15 is 0 Å². The fraction of sp³-hybridized carbons (Fsp3) is 0. The molecule has 0 fully saturated rings. The zero-order valence-corrected chi connectivity index (χ0v) is 2.71. The number of hydrogen-bond donors (Lipinski definition) is 1. The van der Waals surface area contributed by atoms with Crippen LogP contribution in [0.1, 0.15) is 0 Å². The average Bonchev–Trinajstić information content (AvgIpc) is 1.35. The van der Waals surface area contributed by atoms with Gasteiger partial charge in [0.1, 0.15) is 0 Å². The predicted octanol–water partition coefficient (Wildman–Crippen LogP) is -1.94. The number of nitro groups is 1. The Hall–Kier alpha value is -1.25. The standard InChI is InChI=1S/CHN3O2.BH3/c2-1-3-4(5)6;/h3H;1H3. The van der Waals surface area contributed by atoms with Crippen molar-refractivity contribution in [1.82, 2.24) is 5.43 Å². The Morgan fingerprint density at radius 2 is 2.29 bits per heavy atom. The largest absolute Gasteiger partial charge is 0.241 e. The highest BCUT2D eigenvalue weighted by molar-refractivity contribution is 5.75. The molecule has 0 aliphatic heterocycles. The zero-order valence-electron chi connectivity index (χ0n) is 2.71. The number of nitrogens with zero attached hydrogens (tertiary/aromatic N) is 2. The van der Waals surface area contributed by atoms with E-state index in [0.29, 0.717) is 0 Å². The molecule has 5 nitrogen and oxygen atoms in total. The van der Waals surface area contributed by atoms with Gasteiger partial charge in [0.05, 0.1) is 8.41 Å². The van der Waals surface area contributed by atoms with Gasteiger partial charge in [0, 0.05) is 0 Å². The van der Waals surface area contributed by atoms with Gasteiger partial charge in [-0.25, -0.2) is 10.1 Å². The Labute approximate surface area is 41.6 Å². The molecule has 6 heteroatoms. The first-order valence-electron chi connectivity index (χ1n) is 1.06. The molecule has 7 heavy (non-hydrogen) atoms. The number of hydrazine groups is 1. The van der Waals surface area contributed by atoms with Gasteiger partial charge in [0.25, 0.3) is 0 Å². The molecule has 0 saturated heterocycles. The van der Waals surface area contributed by atoms with Crippen molar-refractivity contribution in [3.05, 3.63) is 10.1 Å². The third-order valence-electron chi connectivity index (χ3n) is 0.141. The topological polar surface area (TPSA) is 79.0 Å². The highest BCUT2D eigenvalue weighted by Gasteiger charge is 1.80. The van der Waals surface area contributed by atoms with Gasteiger partial charge in [-0.2, -0.15) is 5.26 Å². The molecular weight excluding hydrogens is 96.8 g/mol. The quantitative estimate of drug-likeness (QED) is 0.137. The van der Waals surface area contributed by atoms with E-state index in [2.05, 4.69) is 0 Å². The summed E-state index contributed by atoms with van der Waals surface area (Å²) >= 11 is 0. The minimum atomic E-state index is -0.931. The first-order valence-corrected chi connectivity index (χ1v) is 1.06. The second-order valence-electron chi connectivity index (χ2n) is 0.481. The van der Waals surface area contributed by atoms with E-state index in [1.165, 1.54) is 5.43 Å². The van der Waals surface area contributed by atoms with E-state index in [1.54, 1.807) is 0 Å². The van der Waals surface area contributed by atoms with Gasteiger partial charge in [0.15, 0.2) is 5.03 Å². The van der Waals surface area contributed by atoms with Crippen molar-refractivity contribution in [3.63, 3.8) is 0 Å². The van der Waals surface area contributed by atoms with Crippen molar-refractivity contribution in [1.29, 1.82) is 5.26 Å². The van der Waals surface area contributed by atoms with Crippen LogP contribution in [-0.4, -0.2) is 13.4 Å². The Bertz CT molecular complexity index is 95.6. The first kappa shape index (κ1) is 9.23. The fourth-order valence-corrected chi connectivity index (χ4v) is 0.0408. The summed E-state index contributed by atoms with van der Waals surface area (Å²) in [5.74, 6) is 0. The summed E-state index contributed by atoms with van der Waals surface area (Å²) in [4.78, 5) is 9.07. The molecule has 1 N–H and O–H groups in total. The van der Waals surface area contributed by atoms with E-state index in [1.807, 2.05) is 0 Å². The van der Waals surface area contributed by atoms with Crippen LogP contribution in [0.5, 0.6) is 0 Å². The molecule has 0 radical (unpaired) electrons. The summed E-state index contributed by atoms with van der Waals surface area (Å²) in [6, 6.07) is 0. The Morgan fingerprint density at radius 3 is 2.29 bits per heavy atom. The van der Waals surface area contributed by atoms with Crippen LogP contribution in [-0.2, 0) is 0 Å². The predicted molar refractivity (Wildman–Crippen MR) is 25.7 cm³/mol. The summed E-state index contributed by atoms with van der Waals surface area (Å²) < 4.78 is 0. The number of rotatable bonds is 1. The van der Waals surface area contributed by atoms with Crippen molar-refractivity contribution < 1.29 is 5.03 Å². The lowest BCUT2D eigenvalue weighted by atomic mass is 10.8. The first-order chi connectivity index (χ1) is 2.77. The van der Waals surface area contributed by atoms with Crippen LogP contribution >= 0.6 is 0 Å². The average molecular weight is 101 g/mol. The maximum Gasteiger partial charge on any atom is 0.241 e. The smallest absolute Gasteiger partial charge is 0.234 e. The van der Waals surface area contributed by atoms with Gasteiger partial charge < -0.3 is 0 Å². The van der Waals surface area contributed by atoms with Crippen LogP contribution < -0.4 is 5.43 Å². The summed E-state index contributed by atoms with van der Waals surface area (Å²) in [7, 11) is 0. The van der Waals surface area contributed by atoms with Gasteiger partial charge in [-0.1, -0.05) is 0 Å². The molecule has 38 valence electrons. The van der Waals surface area contributed by atoms with Crippen molar-refractivity contribution in [2.75, 3.05) is 0 Å². The Balaban J connectivity index is 0. The molecule has 0 saturated carbocycles. The van der Waals surface area contributed by atoms with Gasteiger partial charge in [-0.05, 0) is 5.43 Å². The molecule has 0 amide bonds. The molecule has 0 spiro atoms. The van der Waals surface area contributed by atoms with Crippen LogP contribution in [0.25, 0.3) is 0 Å². The molecular formula is CH4BN3O2. The maximum atomic E-state index is 9.07. The van der Waals surface area contributed by atoms with Crippen molar-refractivity contribution in [2.45, 2.75) is 0 Å². The van der Waals surface area contributed by atoms with Crippen LogP contribution in [0.4, 0.5) is 0 Å². The van der Waals surface area contributed by atoms with Crippen LogP contribution in [0, 0.1) is 21.6 Å². The number of nitriles is 1. The Kier molecular flexibility index (Phi) is 6.27. The minimum Gasteiger partial charge on any atom is -0.234 e. The van der Waals surface area contributed by atoms with Crippen LogP contribution in [0.2, 0.25) is 0 Å². The fourth-order valence-electron chi connectivity index (χ4n) is 0.0408. The Morgan fingerprint density at radius 1 is 1.86 bits per heavy atom. The molecule has 0 rings (SSSR count). The molecule has 0 aromatic carbocycles. The maximum absolute atomic E-state index is 9.07. The lowest BCUT2D eigenvalue weighted by molar-refractivity contribution is -0.529. The minimum absolute atomic E-state index is 0. The third kappa shape index (κ3) is 11.7. The van der Waals surface area contributed by atoms with E-state index in [-0.39, 0.29) is 8.41 Å². The van der Waals surface area contributed by atoms with Crippen molar-refractivity contribution >= 4 is 8.41 Å². The number of hydrogen-bond acceptors (Lipinski definition) is 3. The highest BCUT2D eigenvalue weighted by atomic mass is 16.7. The second kappa shape index (κ2) is 4.75. The van der Waals surface area contributed by atoms with Gasteiger partial charge >= 0.3 is 0 Å². The lowest BCUT2D eigenvalue weighted by Gasteiger charge is -1.73. The molecule has 0 aromatic rings.